The lowest BCUT2D eigenvalue weighted by molar-refractivity contribution is -0.142. The van der Waals surface area contributed by atoms with E-state index < -0.39 is 84.0 Å². The number of likely N-dealkylation sites (N-methyl/N-ethyl adjacent to an activating group) is 2. The molecule has 0 saturated carbocycles. The summed E-state index contributed by atoms with van der Waals surface area (Å²) in [7, 11) is 4.99. The molecule has 26 heteroatoms. The Balaban J connectivity index is 1.46. The number of aliphatic carboxylic acids is 1. The summed E-state index contributed by atoms with van der Waals surface area (Å²) >= 11 is 1.08. The maximum absolute atomic E-state index is 14.4. The van der Waals surface area contributed by atoms with Crippen molar-refractivity contribution in [3.8, 4) is 0 Å². The third-order valence-corrected chi connectivity index (χ3v) is 16.5. The topological polar surface area (TPSA) is 350 Å². The largest absolute Gasteiger partial charge is 0.481 e. The van der Waals surface area contributed by atoms with Crippen LogP contribution < -0.4 is 43.0 Å². The van der Waals surface area contributed by atoms with Gasteiger partial charge in [-0.1, -0.05) is 79.9 Å². The number of carboxylic acid groups (broad SMARTS) is 1. The summed E-state index contributed by atoms with van der Waals surface area (Å²) in [5.74, 6) is -6.12. The zero-order valence-corrected chi connectivity index (χ0v) is 51.6. The highest BCUT2D eigenvalue weighted by Crippen LogP contribution is 2.31. The number of hydrogen-bond acceptors (Lipinski definition) is 15. The lowest BCUT2D eigenvalue weighted by atomic mass is 9.92. The molecule has 1 saturated heterocycles. The van der Waals surface area contributed by atoms with E-state index in [1.54, 1.807) is 50.1 Å². The highest BCUT2D eigenvalue weighted by Gasteiger charge is 2.38. The number of nitrogens with zero attached hydrogens (tertiary/aromatic N) is 4. The molecule has 1 fully saturated rings. The molecule has 0 spiro atoms. The maximum Gasteiger partial charge on any atom is 0.407 e. The Labute approximate surface area is 502 Å². The van der Waals surface area contributed by atoms with E-state index >= 15 is 0 Å². The Bertz CT molecular complexity index is 2650. The Morgan fingerprint density at radius 2 is 1.53 bits per heavy atom. The number of benzene rings is 1. The lowest BCUT2D eigenvalue weighted by Gasteiger charge is -2.38. The zero-order chi connectivity index (χ0) is 63.1. The summed E-state index contributed by atoms with van der Waals surface area (Å²) in [6, 6.07) is 1.32. The molecule has 0 bridgehead atoms. The number of aromatic nitrogens is 1. The molecule has 9 atom stereocenters. The average Bonchev–Trinajstić information content (AvgIpc) is 4.31. The summed E-state index contributed by atoms with van der Waals surface area (Å²) in [4.78, 5) is 152. The molecule has 2 aliphatic rings. The number of piperidine rings is 1. The van der Waals surface area contributed by atoms with E-state index in [9.17, 15) is 57.8 Å². The second kappa shape index (κ2) is 34.5. The number of urea groups is 1. The van der Waals surface area contributed by atoms with Gasteiger partial charge in [-0.3, -0.25) is 53.0 Å². The number of amides is 11. The number of carbonyl (C=O) groups is 11. The molecule has 0 radical (unpaired) electrons. The van der Waals surface area contributed by atoms with E-state index in [0.29, 0.717) is 43.4 Å². The molecular weight excluding hydrogens is 1120 g/mol. The number of carbonyl (C=O) groups excluding carboxylic acids is 10. The Kier molecular flexibility index (Phi) is 28.4. The number of rotatable bonds is 34. The third-order valence-electron chi connectivity index (χ3n) is 15.6. The van der Waals surface area contributed by atoms with Gasteiger partial charge in [0.2, 0.25) is 29.5 Å². The number of imide groups is 1. The standard InChI is InChI=1S/C59H90N12O13S/c1-11-36(6)50(68-53(77)43-19-14-16-28-69(43)9)56(79)70(10)44(34(2)3)32-45(84-59(83)61-8)55-66-42(33-85-55)52(76)64-40(30-37(7)57(80)81)31-38-21-23-39(24-22-38)63-51(75)41(18-17-27-62-58(60)82)65-54(78)49(35(4)5)67-46(72)20-13-12-15-29-71-47(73)25-26-48(71)74/h21-26,33-37,40-41,43-45,49-50H,11-20,27-32H2,1-10H3,(H,61,83)(H,63,75)(H,64,76)(H,65,78)(H,67,72)(H,68,77)(H,80,81)(H3,60,62,82)/t36-,37?,40+,41-,43+,44+,45+,49-,50-/m0/s1. The highest BCUT2D eigenvalue weighted by molar-refractivity contribution is 7.09. The predicted molar refractivity (Wildman–Crippen MR) is 319 cm³/mol. The monoisotopic (exact) mass is 1210 g/mol. The minimum atomic E-state index is -1.12. The van der Waals surface area contributed by atoms with Gasteiger partial charge in [-0.25, -0.2) is 14.6 Å². The zero-order valence-electron chi connectivity index (χ0n) is 50.8. The van der Waals surface area contributed by atoms with Gasteiger partial charge in [0, 0.05) is 75.3 Å². The van der Waals surface area contributed by atoms with Crippen molar-refractivity contribution >= 4 is 82.4 Å². The average molecular weight is 1210 g/mol. The van der Waals surface area contributed by atoms with Gasteiger partial charge in [-0.15, -0.1) is 11.3 Å². The fourth-order valence-corrected chi connectivity index (χ4v) is 11.0. The van der Waals surface area contributed by atoms with Crippen LogP contribution >= 0.6 is 11.3 Å². The van der Waals surface area contributed by atoms with E-state index in [4.69, 9.17) is 10.5 Å². The van der Waals surface area contributed by atoms with Crippen molar-refractivity contribution in [2.75, 3.05) is 46.1 Å². The van der Waals surface area contributed by atoms with Crippen molar-refractivity contribution in [3.63, 3.8) is 0 Å². The smallest absolute Gasteiger partial charge is 0.407 e. The number of nitrogens with one attached hydrogen (secondary N) is 7. The van der Waals surface area contributed by atoms with Gasteiger partial charge in [0.05, 0.1) is 12.0 Å². The first-order valence-corrected chi connectivity index (χ1v) is 30.3. The lowest BCUT2D eigenvalue weighted by Crippen LogP contribution is -2.58. The molecule has 470 valence electrons. The van der Waals surface area contributed by atoms with E-state index in [1.807, 2.05) is 39.6 Å². The molecule has 4 rings (SSSR count). The highest BCUT2D eigenvalue weighted by atomic mass is 32.1. The van der Waals surface area contributed by atoms with Crippen LogP contribution in [0, 0.1) is 23.7 Å². The third kappa shape index (κ3) is 22.1. The van der Waals surface area contributed by atoms with Gasteiger partial charge in [-0.2, -0.15) is 0 Å². The molecule has 3 heterocycles. The summed E-state index contributed by atoms with van der Waals surface area (Å²) in [5, 5.41) is 31.0. The number of likely N-dealkylation sites (tertiary alicyclic amines) is 1. The molecule has 11 amide bonds. The van der Waals surface area contributed by atoms with Crippen LogP contribution in [0.5, 0.6) is 0 Å². The molecule has 10 N–H and O–H groups in total. The molecule has 2 aromatic rings. The van der Waals surface area contributed by atoms with Crippen LogP contribution in [0.2, 0.25) is 0 Å². The van der Waals surface area contributed by atoms with Crippen molar-refractivity contribution in [2.24, 2.45) is 29.4 Å². The van der Waals surface area contributed by atoms with Crippen LogP contribution in [0.4, 0.5) is 15.3 Å². The minimum Gasteiger partial charge on any atom is -0.481 e. The Morgan fingerprint density at radius 3 is 2.13 bits per heavy atom. The number of thiazole rings is 1. The summed E-state index contributed by atoms with van der Waals surface area (Å²) in [6.07, 6.45) is 6.08. The molecule has 1 unspecified atom stereocenters. The van der Waals surface area contributed by atoms with Gasteiger partial charge in [0.15, 0.2) is 6.10 Å². The molecule has 2 aliphatic heterocycles. The van der Waals surface area contributed by atoms with Crippen LogP contribution in [0.15, 0.2) is 41.8 Å². The van der Waals surface area contributed by atoms with Crippen LogP contribution in [0.1, 0.15) is 153 Å². The molecule has 1 aromatic heterocycles. The Hall–Kier alpha value is -7.48. The first kappa shape index (κ1) is 70.0. The Morgan fingerprint density at radius 1 is 0.847 bits per heavy atom. The van der Waals surface area contributed by atoms with E-state index in [2.05, 4.69) is 42.2 Å². The van der Waals surface area contributed by atoms with Crippen molar-refractivity contribution in [1.82, 2.24) is 51.6 Å². The summed E-state index contributed by atoms with van der Waals surface area (Å²) in [6.45, 7) is 13.9. The fraction of sp³-hybridized carbons (Fsp3) is 0.627. The van der Waals surface area contributed by atoms with Crippen molar-refractivity contribution in [3.05, 3.63) is 58.1 Å². The van der Waals surface area contributed by atoms with Gasteiger partial charge in [-0.05, 0) is 100 Å². The SMILES string of the molecule is CC[C@H](C)[C@H](NC(=O)[C@H]1CCCCN1C)C(=O)N(C)[C@H](C[C@@H](OC(=O)NC)c1nc(C(=O)N[C@@H](Cc2ccc(NC(=O)[C@H](CCCNC(N)=O)NC(=O)[C@@H](NC(=O)CCCCCN3C(=O)C=CC3=O)C(C)C)cc2)CC(C)C(=O)O)cs1)C(C)C. The quantitative estimate of drug-likeness (QED) is 0.0347. The fourth-order valence-electron chi connectivity index (χ4n) is 10.2. The van der Waals surface area contributed by atoms with Crippen molar-refractivity contribution in [2.45, 2.75) is 174 Å². The number of alkyl carbamates (subject to hydrolysis) is 1. The molecule has 85 heavy (non-hydrogen) atoms. The van der Waals surface area contributed by atoms with Crippen molar-refractivity contribution in [1.29, 1.82) is 0 Å². The van der Waals surface area contributed by atoms with E-state index in [1.165, 1.54) is 31.5 Å². The molecule has 25 nitrogen and oxygen atoms in total. The van der Waals surface area contributed by atoms with Crippen LogP contribution in [-0.4, -0.2) is 167 Å². The van der Waals surface area contributed by atoms with Gasteiger partial charge >= 0.3 is 18.1 Å². The normalized spacial score (nSPS) is 17.1. The van der Waals surface area contributed by atoms with Crippen LogP contribution in [0.25, 0.3) is 0 Å². The first-order valence-electron chi connectivity index (χ1n) is 29.5. The number of carboxylic acids is 1. The predicted octanol–water partition coefficient (Wildman–Crippen LogP) is 4.38. The number of ether oxygens (including phenoxy) is 1. The van der Waals surface area contributed by atoms with Gasteiger partial charge < -0.3 is 57.7 Å². The van der Waals surface area contributed by atoms with Crippen molar-refractivity contribution < 1.29 is 62.6 Å². The van der Waals surface area contributed by atoms with Gasteiger partial charge in [0.1, 0.15) is 28.8 Å². The number of primary amides is 1. The number of hydrogen-bond donors (Lipinski definition) is 9. The molecular formula is C59H90N12O13S. The number of unbranched alkanes of at least 4 members (excludes halogenated alkanes) is 2. The summed E-state index contributed by atoms with van der Waals surface area (Å²) in [5.41, 5.74) is 6.24. The molecule has 0 aliphatic carbocycles. The number of anilines is 1. The van der Waals surface area contributed by atoms with E-state index in [-0.39, 0.29) is 110 Å². The first-order chi connectivity index (χ1) is 40.2. The van der Waals surface area contributed by atoms with Crippen LogP contribution in [-0.2, 0) is 49.5 Å². The minimum absolute atomic E-state index is 0.0127. The molecule has 1 aromatic carbocycles. The van der Waals surface area contributed by atoms with Crippen LogP contribution in [0.3, 0.4) is 0 Å². The second-order valence-corrected chi connectivity index (χ2v) is 23.8. The second-order valence-electron chi connectivity index (χ2n) is 22.9. The number of nitrogens with two attached hydrogens (primary N) is 1. The van der Waals surface area contributed by atoms with Gasteiger partial charge in [0.25, 0.3) is 17.7 Å². The summed E-state index contributed by atoms with van der Waals surface area (Å²) < 4.78 is 5.86. The van der Waals surface area contributed by atoms with E-state index in [0.717, 1.165) is 35.6 Å². The maximum atomic E-state index is 14.4.